The normalized spacial score (nSPS) is 12.2. The molecule has 0 saturated heterocycles. The molecular weight excluding hydrogens is 497 g/mol. The van der Waals surface area contributed by atoms with E-state index >= 15 is 0 Å². The highest BCUT2D eigenvalue weighted by Gasteiger charge is 2.36. The van der Waals surface area contributed by atoms with Gasteiger partial charge in [-0.2, -0.15) is 0 Å². The van der Waals surface area contributed by atoms with E-state index in [1.54, 1.807) is 0 Å². The van der Waals surface area contributed by atoms with E-state index in [2.05, 4.69) is 16.0 Å². The molecule has 0 aliphatic rings. The molecular formula is C25H24Cl3N3OS. The molecule has 1 atom stereocenters. The lowest BCUT2D eigenvalue weighted by Gasteiger charge is -2.30. The second-order valence-electron chi connectivity index (χ2n) is 7.65. The molecule has 0 radical (unpaired) electrons. The number of hydrogen-bond donors (Lipinski definition) is 3. The summed E-state index contributed by atoms with van der Waals surface area (Å²) in [4.78, 5) is 13.4. The Morgan fingerprint density at radius 3 is 1.88 bits per heavy atom. The van der Waals surface area contributed by atoms with Gasteiger partial charge in [-0.3, -0.25) is 4.79 Å². The molecule has 0 aliphatic carbocycles. The number of hydrogen-bond acceptors (Lipinski definition) is 2. The van der Waals surface area contributed by atoms with E-state index in [9.17, 15) is 4.79 Å². The van der Waals surface area contributed by atoms with Crippen LogP contribution in [-0.4, -0.2) is 21.0 Å². The molecule has 8 heteroatoms. The van der Waals surface area contributed by atoms with Crippen molar-refractivity contribution in [1.29, 1.82) is 0 Å². The Bertz CT molecular complexity index is 1070. The molecule has 33 heavy (non-hydrogen) atoms. The Morgan fingerprint density at radius 2 is 1.39 bits per heavy atom. The number of halogens is 3. The highest BCUT2D eigenvalue weighted by atomic mass is 35.6. The fourth-order valence-electron chi connectivity index (χ4n) is 3.45. The van der Waals surface area contributed by atoms with Crippen LogP contribution < -0.4 is 16.0 Å². The lowest BCUT2D eigenvalue weighted by molar-refractivity contribution is -0.122. The third-order valence-corrected chi connectivity index (χ3v) is 5.92. The van der Waals surface area contributed by atoms with Crippen LogP contribution in [-0.2, 0) is 4.79 Å². The van der Waals surface area contributed by atoms with Crippen LogP contribution in [0.25, 0.3) is 0 Å². The fraction of sp³-hybridized carbons (Fsp3) is 0.200. The summed E-state index contributed by atoms with van der Waals surface area (Å²) < 4.78 is -1.86. The van der Waals surface area contributed by atoms with E-state index in [0.717, 1.165) is 27.9 Å². The van der Waals surface area contributed by atoms with E-state index in [4.69, 9.17) is 47.0 Å². The van der Waals surface area contributed by atoms with Crippen LogP contribution in [0.3, 0.4) is 0 Å². The van der Waals surface area contributed by atoms with Crippen molar-refractivity contribution < 1.29 is 4.79 Å². The van der Waals surface area contributed by atoms with Crippen LogP contribution in [0, 0.1) is 13.8 Å². The first-order valence-corrected chi connectivity index (χ1v) is 11.8. The van der Waals surface area contributed by atoms with Crippen molar-refractivity contribution in [2.24, 2.45) is 0 Å². The number of amides is 1. The largest absolute Gasteiger partial charge is 0.339 e. The van der Waals surface area contributed by atoms with Crippen molar-refractivity contribution in [3.63, 3.8) is 0 Å². The van der Waals surface area contributed by atoms with E-state index in [1.807, 2.05) is 92.7 Å². The summed E-state index contributed by atoms with van der Waals surface area (Å²) in [5.41, 5.74) is 4.61. The maximum Gasteiger partial charge on any atom is 0.233 e. The van der Waals surface area contributed by atoms with Gasteiger partial charge in [-0.05, 0) is 48.8 Å². The smallest absolute Gasteiger partial charge is 0.233 e. The number of rotatable bonds is 6. The molecule has 3 aromatic rings. The van der Waals surface area contributed by atoms with Gasteiger partial charge in [0.1, 0.15) is 6.17 Å². The Hall–Kier alpha value is -2.31. The Kier molecular flexibility index (Phi) is 8.60. The molecule has 4 nitrogen and oxygen atoms in total. The zero-order valence-electron chi connectivity index (χ0n) is 18.1. The molecule has 0 heterocycles. The molecule has 0 spiro atoms. The highest BCUT2D eigenvalue weighted by Crippen LogP contribution is 2.31. The minimum atomic E-state index is -1.86. The van der Waals surface area contributed by atoms with Gasteiger partial charge in [0, 0.05) is 5.69 Å². The average molecular weight is 521 g/mol. The number of anilines is 1. The zero-order valence-corrected chi connectivity index (χ0v) is 21.2. The van der Waals surface area contributed by atoms with Gasteiger partial charge in [0.05, 0.1) is 5.92 Å². The fourth-order valence-corrected chi connectivity index (χ4v) is 4.01. The van der Waals surface area contributed by atoms with Crippen molar-refractivity contribution >= 4 is 63.7 Å². The predicted molar refractivity (Wildman–Crippen MR) is 142 cm³/mol. The van der Waals surface area contributed by atoms with Crippen LogP contribution in [0.5, 0.6) is 0 Å². The SMILES string of the molecule is Cc1ccc(NC(=S)NC(NC(=O)C(c2ccccc2)c2ccccc2)C(Cl)(Cl)Cl)c(C)c1. The number of benzene rings is 3. The van der Waals surface area contributed by atoms with Crippen molar-refractivity contribution in [3.8, 4) is 0 Å². The van der Waals surface area contributed by atoms with Gasteiger partial charge < -0.3 is 16.0 Å². The molecule has 0 saturated carbocycles. The molecule has 3 rings (SSSR count). The van der Waals surface area contributed by atoms with Gasteiger partial charge in [-0.1, -0.05) is 113 Å². The van der Waals surface area contributed by atoms with Crippen LogP contribution in [0.4, 0.5) is 5.69 Å². The Labute approximate surface area is 214 Å². The first kappa shape index (κ1) is 25.3. The number of aryl methyl sites for hydroxylation is 2. The quantitative estimate of drug-likeness (QED) is 0.205. The van der Waals surface area contributed by atoms with Crippen LogP contribution in [0.1, 0.15) is 28.2 Å². The number of carbonyl (C=O) groups excluding carboxylic acids is 1. The van der Waals surface area contributed by atoms with E-state index in [-0.39, 0.29) is 11.0 Å². The molecule has 1 amide bonds. The van der Waals surface area contributed by atoms with Crippen LogP contribution in [0.2, 0.25) is 0 Å². The van der Waals surface area contributed by atoms with Crippen LogP contribution >= 0.6 is 47.0 Å². The standard InChI is InChI=1S/C25H24Cl3N3OS/c1-16-13-14-20(17(2)15-16)29-24(33)31-23(25(26,27)28)30-22(32)21(18-9-5-3-6-10-18)19-11-7-4-8-12-19/h3-15,21,23H,1-2H3,(H,30,32)(H2,29,31,33). The first-order valence-electron chi connectivity index (χ1n) is 10.3. The highest BCUT2D eigenvalue weighted by molar-refractivity contribution is 7.80. The van der Waals surface area contributed by atoms with Gasteiger partial charge in [-0.15, -0.1) is 0 Å². The maximum absolute atomic E-state index is 13.4. The number of alkyl halides is 3. The van der Waals surface area contributed by atoms with Gasteiger partial charge in [-0.25, -0.2) is 0 Å². The zero-order chi connectivity index (χ0) is 24.0. The van der Waals surface area contributed by atoms with Crippen molar-refractivity contribution in [1.82, 2.24) is 10.6 Å². The molecule has 3 N–H and O–H groups in total. The maximum atomic E-state index is 13.4. The monoisotopic (exact) mass is 519 g/mol. The van der Waals surface area contributed by atoms with Crippen LogP contribution in [0.15, 0.2) is 78.9 Å². The number of carbonyl (C=O) groups is 1. The van der Waals surface area contributed by atoms with Gasteiger partial charge in [0.25, 0.3) is 0 Å². The second-order valence-corrected chi connectivity index (χ2v) is 10.4. The van der Waals surface area contributed by atoms with E-state index in [1.165, 1.54) is 0 Å². The summed E-state index contributed by atoms with van der Waals surface area (Å²) in [6, 6.07) is 24.8. The Morgan fingerprint density at radius 1 is 0.848 bits per heavy atom. The third-order valence-electron chi connectivity index (χ3n) is 5.05. The molecule has 0 fully saturated rings. The molecule has 3 aromatic carbocycles. The minimum absolute atomic E-state index is 0.217. The summed E-state index contributed by atoms with van der Waals surface area (Å²) in [6.45, 7) is 3.98. The summed E-state index contributed by atoms with van der Waals surface area (Å²) >= 11 is 24.0. The molecule has 0 bridgehead atoms. The minimum Gasteiger partial charge on any atom is -0.339 e. The Balaban J connectivity index is 1.81. The summed E-state index contributed by atoms with van der Waals surface area (Å²) in [5, 5.41) is 9.07. The van der Waals surface area contributed by atoms with Gasteiger partial charge >= 0.3 is 0 Å². The molecule has 0 aliphatic heterocycles. The lowest BCUT2D eigenvalue weighted by atomic mass is 9.90. The molecule has 172 valence electrons. The summed E-state index contributed by atoms with van der Waals surface area (Å²) in [7, 11) is 0. The molecule has 0 aromatic heterocycles. The van der Waals surface area contributed by atoms with Gasteiger partial charge in [0.2, 0.25) is 9.70 Å². The topological polar surface area (TPSA) is 53.2 Å². The first-order chi connectivity index (χ1) is 15.6. The van der Waals surface area contributed by atoms with E-state index < -0.39 is 15.9 Å². The summed E-state index contributed by atoms with van der Waals surface area (Å²) in [6.07, 6.45) is -1.07. The van der Waals surface area contributed by atoms with Crippen molar-refractivity contribution in [2.75, 3.05) is 5.32 Å². The summed E-state index contributed by atoms with van der Waals surface area (Å²) in [5.74, 6) is -0.921. The third kappa shape index (κ3) is 7.08. The van der Waals surface area contributed by atoms with Crippen molar-refractivity contribution in [3.05, 3.63) is 101 Å². The van der Waals surface area contributed by atoms with Crippen molar-refractivity contribution in [2.45, 2.75) is 29.7 Å². The number of nitrogens with one attached hydrogen (secondary N) is 3. The predicted octanol–water partition coefficient (Wildman–Crippen LogP) is 6.23. The lowest BCUT2D eigenvalue weighted by Crippen LogP contribution is -2.57. The van der Waals surface area contributed by atoms with Gasteiger partial charge in [0.15, 0.2) is 5.11 Å². The second kappa shape index (κ2) is 11.2. The average Bonchev–Trinajstić information content (AvgIpc) is 2.76. The molecule has 1 unspecified atom stereocenters. The number of thiocarbonyl (C=S) groups is 1. The van der Waals surface area contributed by atoms with E-state index in [0.29, 0.717) is 0 Å².